The highest BCUT2D eigenvalue weighted by Crippen LogP contribution is 2.29. The predicted molar refractivity (Wildman–Crippen MR) is 74.2 cm³/mol. The molecule has 20 heavy (non-hydrogen) atoms. The lowest BCUT2D eigenvalue weighted by Gasteiger charge is -2.24. The Hall–Kier alpha value is -0.440. The van der Waals surface area contributed by atoms with Crippen LogP contribution in [-0.4, -0.2) is 40.8 Å². The van der Waals surface area contributed by atoms with Gasteiger partial charge in [-0.1, -0.05) is 23.2 Å². The minimum absolute atomic E-state index is 0.128. The van der Waals surface area contributed by atoms with Gasteiger partial charge in [0.2, 0.25) is 10.0 Å². The zero-order chi connectivity index (χ0) is 14.8. The molecule has 1 fully saturated rings. The van der Waals surface area contributed by atoms with E-state index >= 15 is 0 Å². The maximum absolute atomic E-state index is 13.5. The van der Waals surface area contributed by atoms with Gasteiger partial charge in [-0.2, -0.15) is 0 Å². The van der Waals surface area contributed by atoms with Crippen LogP contribution in [0.25, 0.3) is 0 Å². The average molecular weight is 343 g/mol. The molecule has 0 radical (unpaired) electrons. The van der Waals surface area contributed by atoms with Gasteiger partial charge in [-0.3, -0.25) is 0 Å². The lowest BCUT2D eigenvalue weighted by Crippen LogP contribution is -2.48. The zero-order valence-electron chi connectivity index (χ0n) is 10.3. The standard InChI is InChI=1S/C11H13Cl2FN2O3S/c12-8-1-2-9(10(13)11(8)14)20(17,18)16-5-7-6-19-4-3-15-7/h1-2,7,15-16H,3-6H2. The van der Waals surface area contributed by atoms with Crippen LogP contribution in [0.4, 0.5) is 4.39 Å². The number of rotatable bonds is 4. The summed E-state index contributed by atoms with van der Waals surface area (Å²) in [6, 6.07) is 2.19. The molecule has 0 aliphatic carbocycles. The quantitative estimate of drug-likeness (QED) is 0.811. The van der Waals surface area contributed by atoms with Crippen LogP contribution in [0.2, 0.25) is 10.0 Å². The van der Waals surface area contributed by atoms with Crippen LogP contribution in [0.1, 0.15) is 0 Å². The van der Waals surface area contributed by atoms with Gasteiger partial charge in [-0.25, -0.2) is 17.5 Å². The van der Waals surface area contributed by atoms with Crippen molar-refractivity contribution in [3.63, 3.8) is 0 Å². The smallest absolute Gasteiger partial charge is 0.242 e. The summed E-state index contributed by atoms with van der Waals surface area (Å²) in [4.78, 5) is -0.335. The molecule has 0 bridgehead atoms. The lowest BCUT2D eigenvalue weighted by atomic mass is 10.3. The summed E-state index contributed by atoms with van der Waals surface area (Å²) in [5, 5.41) is 2.36. The number of ether oxygens (including phenoxy) is 1. The fraction of sp³-hybridized carbons (Fsp3) is 0.455. The number of hydrogen-bond donors (Lipinski definition) is 2. The first-order valence-corrected chi connectivity index (χ1v) is 8.10. The molecule has 0 saturated carbocycles. The summed E-state index contributed by atoms with van der Waals surface area (Å²) in [6.07, 6.45) is 0. The Morgan fingerprint density at radius 3 is 2.85 bits per heavy atom. The van der Waals surface area contributed by atoms with Crippen LogP contribution >= 0.6 is 23.2 Å². The molecule has 112 valence electrons. The molecule has 1 aromatic rings. The fourth-order valence-electron chi connectivity index (χ4n) is 1.75. The van der Waals surface area contributed by atoms with Gasteiger partial charge in [0.25, 0.3) is 0 Å². The molecule has 0 amide bonds. The van der Waals surface area contributed by atoms with E-state index in [0.29, 0.717) is 19.8 Å². The molecular weight excluding hydrogens is 330 g/mol. The van der Waals surface area contributed by atoms with E-state index in [0.717, 1.165) is 6.07 Å². The van der Waals surface area contributed by atoms with Gasteiger partial charge in [0.1, 0.15) is 4.90 Å². The normalized spacial score (nSPS) is 20.1. The Labute approximate surface area is 126 Å². The van der Waals surface area contributed by atoms with Gasteiger partial charge < -0.3 is 10.1 Å². The van der Waals surface area contributed by atoms with Crippen LogP contribution in [0.3, 0.4) is 0 Å². The van der Waals surface area contributed by atoms with Gasteiger partial charge in [0.05, 0.1) is 23.3 Å². The Bertz CT molecular complexity index is 592. The Kier molecular flexibility index (Phi) is 5.22. The fourth-order valence-corrected chi connectivity index (χ4v) is 3.58. The predicted octanol–water partition coefficient (Wildman–Crippen LogP) is 1.40. The maximum atomic E-state index is 13.5. The molecular formula is C11H13Cl2FN2O3S. The summed E-state index contributed by atoms with van der Waals surface area (Å²) in [7, 11) is -3.91. The molecule has 1 aromatic carbocycles. The van der Waals surface area contributed by atoms with Gasteiger partial charge in [-0.15, -0.1) is 0 Å². The first kappa shape index (κ1) is 15.9. The Morgan fingerprint density at radius 1 is 1.45 bits per heavy atom. The molecule has 9 heteroatoms. The van der Waals surface area contributed by atoms with Gasteiger partial charge >= 0.3 is 0 Å². The van der Waals surface area contributed by atoms with Crippen molar-refractivity contribution in [2.75, 3.05) is 26.3 Å². The van der Waals surface area contributed by atoms with Crippen molar-refractivity contribution < 1.29 is 17.5 Å². The highest BCUT2D eigenvalue weighted by Gasteiger charge is 2.23. The number of hydrogen-bond acceptors (Lipinski definition) is 4. The summed E-state index contributed by atoms with van der Waals surface area (Å²) < 4.78 is 45.3. The highest BCUT2D eigenvalue weighted by atomic mass is 35.5. The van der Waals surface area contributed by atoms with Gasteiger partial charge in [0.15, 0.2) is 5.82 Å². The first-order valence-electron chi connectivity index (χ1n) is 5.86. The van der Waals surface area contributed by atoms with Crippen LogP contribution in [0.5, 0.6) is 0 Å². The van der Waals surface area contributed by atoms with Gasteiger partial charge in [0, 0.05) is 19.1 Å². The third-order valence-corrected chi connectivity index (χ3v) is 5.05. The van der Waals surface area contributed by atoms with Crippen molar-refractivity contribution in [2.24, 2.45) is 0 Å². The lowest BCUT2D eigenvalue weighted by molar-refractivity contribution is 0.0784. The first-order chi connectivity index (χ1) is 9.42. The van der Waals surface area contributed by atoms with Crippen molar-refractivity contribution in [2.45, 2.75) is 10.9 Å². The maximum Gasteiger partial charge on any atom is 0.242 e. The molecule has 0 spiro atoms. The molecule has 2 rings (SSSR count). The van der Waals surface area contributed by atoms with Gasteiger partial charge in [-0.05, 0) is 12.1 Å². The van der Waals surface area contributed by atoms with E-state index < -0.39 is 20.9 Å². The van der Waals surface area contributed by atoms with E-state index in [4.69, 9.17) is 27.9 Å². The zero-order valence-corrected chi connectivity index (χ0v) is 12.7. The molecule has 0 aromatic heterocycles. The minimum atomic E-state index is -3.91. The molecule has 2 N–H and O–H groups in total. The minimum Gasteiger partial charge on any atom is -0.378 e. The third kappa shape index (κ3) is 3.60. The molecule has 5 nitrogen and oxygen atoms in total. The highest BCUT2D eigenvalue weighted by molar-refractivity contribution is 7.89. The van der Waals surface area contributed by atoms with E-state index in [1.165, 1.54) is 6.07 Å². The molecule has 1 heterocycles. The van der Waals surface area contributed by atoms with E-state index in [1.807, 2.05) is 0 Å². The van der Waals surface area contributed by atoms with Crippen molar-refractivity contribution in [3.8, 4) is 0 Å². The van der Waals surface area contributed by atoms with Crippen LogP contribution < -0.4 is 10.0 Å². The molecule has 1 atom stereocenters. The number of sulfonamides is 1. The molecule has 1 unspecified atom stereocenters. The summed E-state index contributed by atoms with van der Waals surface area (Å²) in [5.41, 5.74) is 0. The monoisotopic (exact) mass is 342 g/mol. The van der Waals surface area contributed by atoms with E-state index in [-0.39, 0.29) is 22.5 Å². The summed E-state index contributed by atoms with van der Waals surface area (Å²) in [6.45, 7) is 1.79. The topological polar surface area (TPSA) is 67.4 Å². The van der Waals surface area contributed by atoms with Crippen LogP contribution in [0.15, 0.2) is 17.0 Å². The second kappa shape index (κ2) is 6.55. The van der Waals surface area contributed by atoms with Crippen molar-refractivity contribution in [3.05, 3.63) is 28.0 Å². The average Bonchev–Trinajstić information content (AvgIpc) is 2.44. The van der Waals surface area contributed by atoms with E-state index in [1.54, 1.807) is 0 Å². The third-order valence-electron chi connectivity index (χ3n) is 2.81. The van der Waals surface area contributed by atoms with E-state index in [2.05, 4.69) is 10.0 Å². The number of nitrogens with one attached hydrogen (secondary N) is 2. The summed E-state index contributed by atoms with van der Waals surface area (Å²) in [5.74, 6) is -0.949. The molecule has 1 saturated heterocycles. The van der Waals surface area contributed by atoms with Crippen LogP contribution in [0, 0.1) is 5.82 Å². The Balaban J connectivity index is 2.12. The largest absolute Gasteiger partial charge is 0.378 e. The van der Waals surface area contributed by atoms with Crippen molar-refractivity contribution in [1.82, 2.24) is 10.0 Å². The van der Waals surface area contributed by atoms with Crippen molar-refractivity contribution in [1.29, 1.82) is 0 Å². The van der Waals surface area contributed by atoms with E-state index in [9.17, 15) is 12.8 Å². The van der Waals surface area contributed by atoms with Crippen LogP contribution in [-0.2, 0) is 14.8 Å². The number of morpholine rings is 1. The molecule has 1 aliphatic rings. The SMILES string of the molecule is O=S(=O)(NCC1COCCN1)c1ccc(Cl)c(F)c1Cl. The number of halogens is 3. The number of benzene rings is 1. The second-order valence-electron chi connectivity index (χ2n) is 4.25. The van der Waals surface area contributed by atoms with Crippen molar-refractivity contribution >= 4 is 33.2 Å². The summed E-state index contributed by atoms with van der Waals surface area (Å²) >= 11 is 11.2. The second-order valence-corrected chi connectivity index (χ2v) is 6.77. The molecule has 1 aliphatic heterocycles. The Morgan fingerprint density at radius 2 is 2.20 bits per heavy atom.